The van der Waals surface area contributed by atoms with Gasteiger partial charge in [-0.25, -0.2) is 4.79 Å². The molecule has 0 heterocycles. The highest BCUT2D eigenvalue weighted by Gasteiger charge is 2.39. The zero-order valence-corrected chi connectivity index (χ0v) is 19.5. The molecule has 8 heteroatoms. The molecule has 8 nitrogen and oxygen atoms in total. The van der Waals surface area contributed by atoms with Crippen LogP contribution in [0.5, 0.6) is 17.2 Å². The fraction of sp³-hybridized carbons (Fsp3) is 0.417. The fourth-order valence-electron chi connectivity index (χ4n) is 3.59. The van der Waals surface area contributed by atoms with Gasteiger partial charge >= 0.3 is 5.97 Å². The maximum atomic E-state index is 13.0. The summed E-state index contributed by atoms with van der Waals surface area (Å²) in [5.74, 6) is 0.267. The topological polar surface area (TPSA) is 83.5 Å². The largest absolute Gasteiger partial charge is 0.493 e. The van der Waals surface area contributed by atoms with Gasteiger partial charge in [0, 0.05) is 14.2 Å². The molecule has 0 aliphatic heterocycles. The van der Waals surface area contributed by atoms with Crippen LogP contribution in [0.2, 0.25) is 0 Å². The van der Waals surface area contributed by atoms with Crippen LogP contribution in [0.15, 0.2) is 42.5 Å². The maximum Gasteiger partial charge on any atom is 0.338 e. The number of carbonyl (C=O) groups is 2. The first kappa shape index (κ1) is 25.0. The molecule has 0 bridgehead atoms. The third-order valence-electron chi connectivity index (χ3n) is 5.52. The molecular formula is C24H31NO7. The third kappa shape index (κ3) is 5.13. The fourth-order valence-corrected chi connectivity index (χ4v) is 3.59. The van der Waals surface area contributed by atoms with E-state index in [2.05, 4.69) is 0 Å². The van der Waals surface area contributed by atoms with Gasteiger partial charge in [0.05, 0.1) is 26.9 Å². The number of hydrogen-bond donors (Lipinski definition) is 0. The summed E-state index contributed by atoms with van der Waals surface area (Å²) in [7, 11) is 7.58. The second-order valence-corrected chi connectivity index (χ2v) is 7.13. The van der Waals surface area contributed by atoms with Crippen molar-refractivity contribution in [3.63, 3.8) is 0 Å². The van der Waals surface area contributed by atoms with Crippen LogP contribution in [0, 0.1) is 0 Å². The second kappa shape index (κ2) is 11.4. The standard InChI is InChI=1S/C24H31NO7/c1-7-24(18-11-9-8-10-12-18,25(2)21(26)15-28-3)16-32-23(27)17-13-19(29-4)22(31-6)20(14-17)30-5/h8-14H,7,15-16H2,1-6H3/t24-/m1/s1. The van der Waals surface area contributed by atoms with E-state index >= 15 is 0 Å². The quantitative estimate of drug-likeness (QED) is 0.491. The molecule has 0 saturated heterocycles. The first-order valence-corrected chi connectivity index (χ1v) is 10.2. The lowest BCUT2D eigenvalue weighted by Crippen LogP contribution is -2.51. The van der Waals surface area contributed by atoms with Crippen molar-refractivity contribution < 1.29 is 33.3 Å². The van der Waals surface area contributed by atoms with Crippen molar-refractivity contribution in [2.24, 2.45) is 0 Å². The number of likely N-dealkylation sites (N-methyl/N-ethyl adjacent to an activating group) is 1. The molecule has 1 amide bonds. The molecule has 2 aromatic rings. The Morgan fingerprint density at radius 3 is 2.00 bits per heavy atom. The Bertz CT molecular complexity index is 891. The molecule has 2 aromatic carbocycles. The van der Waals surface area contributed by atoms with Crippen molar-refractivity contribution in [1.82, 2.24) is 4.90 Å². The average molecular weight is 446 g/mol. The minimum atomic E-state index is -0.868. The highest BCUT2D eigenvalue weighted by Crippen LogP contribution is 2.39. The Labute approximate surface area is 189 Å². The van der Waals surface area contributed by atoms with Gasteiger partial charge in [-0.3, -0.25) is 4.79 Å². The molecule has 0 aromatic heterocycles. The summed E-state index contributed by atoms with van der Waals surface area (Å²) in [6.07, 6.45) is 0.519. The van der Waals surface area contributed by atoms with Gasteiger partial charge in [-0.2, -0.15) is 0 Å². The molecular weight excluding hydrogens is 414 g/mol. The van der Waals surface area contributed by atoms with Crippen LogP contribution >= 0.6 is 0 Å². The van der Waals surface area contributed by atoms with Crippen molar-refractivity contribution in [3.05, 3.63) is 53.6 Å². The third-order valence-corrected chi connectivity index (χ3v) is 5.52. The summed E-state index contributed by atoms with van der Waals surface area (Å²) in [6, 6.07) is 12.5. The summed E-state index contributed by atoms with van der Waals surface area (Å²) in [5, 5.41) is 0. The van der Waals surface area contributed by atoms with Gasteiger partial charge in [0.15, 0.2) is 11.5 Å². The molecule has 174 valence electrons. The van der Waals surface area contributed by atoms with Crippen molar-refractivity contribution >= 4 is 11.9 Å². The Hall–Kier alpha value is -3.26. The molecule has 0 N–H and O–H groups in total. The van der Waals surface area contributed by atoms with Crippen LogP contribution in [-0.2, 0) is 19.8 Å². The van der Waals surface area contributed by atoms with E-state index in [4.69, 9.17) is 23.7 Å². The van der Waals surface area contributed by atoms with Crippen LogP contribution in [0.25, 0.3) is 0 Å². The van der Waals surface area contributed by atoms with Gasteiger partial charge in [-0.05, 0) is 24.1 Å². The van der Waals surface area contributed by atoms with Crippen molar-refractivity contribution in [1.29, 1.82) is 0 Å². The molecule has 0 spiro atoms. The Morgan fingerprint density at radius 1 is 0.938 bits per heavy atom. The number of carbonyl (C=O) groups excluding carboxylic acids is 2. The number of methoxy groups -OCH3 is 4. The smallest absolute Gasteiger partial charge is 0.338 e. The summed E-state index contributed by atoms with van der Waals surface area (Å²) in [6.45, 7) is 1.82. The van der Waals surface area contributed by atoms with E-state index < -0.39 is 11.5 Å². The lowest BCUT2D eigenvalue weighted by atomic mass is 9.86. The van der Waals surface area contributed by atoms with Gasteiger partial charge in [-0.1, -0.05) is 37.3 Å². The Balaban J connectivity index is 2.39. The summed E-state index contributed by atoms with van der Waals surface area (Å²) in [4.78, 5) is 27.3. The maximum absolute atomic E-state index is 13.0. The van der Waals surface area contributed by atoms with Crippen LogP contribution in [0.3, 0.4) is 0 Å². The van der Waals surface area contributed by atoms with E-state index in [1.807, 2.05) is 37.3 Å². The molecule has 0 radical (unpaired) electrons. The van der Waals surface area contributed by atoms with Gasteiger partial charge in [0.1, 0.15) is 18.8 Å². The molecule has 0 unspecified atom stereocenters. The summed E-state index contributed by atoms with van der Waals surface area (Å²) < 4.78 is 26.7. The van der Waals surface area contributed by atoms with E-state index in [9.17, 15) is 9.59 Å². The van der Waals surface area contributed by atoms with Crippen LogP contribution in [-0.4, -0.2) is 65.5 Å². The van der Waals surface area contributed by atoms with Gasteiger partial charge < -0.3 is 28.6 Å². The summed E-state index contributed by atoms with van der Waals surface area (Å²) >= 11 is 0. The minimum absolute atomic E-state index is 0.0467. The lowest BCUT2D eigenvalue weighted by molar-refractivity contribution is -0.142. The first-order chi connectivity index (χ1) is 15.4. The SMILES string of the molecule is CC[C@@](COC(=O)c1cc(OC)c(OC)c(OC)c1)(c1ccccc1)N(C)C(=O)COC. The Morgan fingerprint density at radius 2 is 1.53 bits per heavy atom. The van der Waals surface area contributed by atoms with E-state index in [1.165, 1.54) is 40.6 Å². The Kier molecular flexibility index (Phi) is 8.90. The van der Waals surface area contributed by atoms with Gasteiger partial charge in [-0.15, -0.1) is 0 Å². The predicted octanol–water partition coefficient (Wildman–Crippen LogP) is 3.28. The molecule has 1 atom stereocenters. The first-order valence-electron chi connectivity index (χ1n) is 10.2. The van der Waals surface area contributed by atoms with Crippen molar-refractivity contribution in [3.8, 4) is 17.2 Å². The number of amides is 1. The van der Waals surface area contributed by atoms with Gasteiger partial charge in [0.25, 0.3) is 0 Å². The van der Waals surface area contributed by atoms with E-state index in [0.29, 0.717) is 23.7 Å². The second-order valence-electron chi connectivity index (χ2n) is 7.13. The van der Waals surface area contributed by atoms with Gasteiger partial charge in [0.2, 0.25) is 11.7 Å². The van der Waals surface area contributed by atoms with Crippen molar-refractivity contribution in [2.75, 3.05) is 48.7 Å². The number of nitrogens with zero attached hydrogens (tertiary/aromatic N) is 1. The van der Waals surface area contributed by atoms with Crippen LogP contribution < -0.4 is 14.2 Å². The average Bonchev–Trinajstić information content (AvgIpc) is 2.84. The van der Waals surface area contributed by atoms with Crippen molar-refractivity contribution in [2.45, 2.75) is 18.9 Å². The summed E-state index contributed by atoms with van der Waals surface area (Å²) in [5.41, 5.74) is 0.225. The number of rotatable bonds is 11. The monoisotopic (exact) mass is 445 g/mol. The van der Waals surface area contributed by atoms with Crippen LogP contribution in [0.4, 0.5) is 0 Å². The minimum Gasteiger partial charge on any atom is -0.493 e. The molecule has 0 aliphatic carbocycles. The van der Waals surface area contributed by atoms with Crippen LogP contribution in [0.1, 0.15) is 29.3 Å². The lowest BCUT2D eigenvalue weighted by Gasteiger charge is -2.41. The van der Waals surface area contributed by atoms with E-state index in [0.717, 1.165) is 5.56 Å². The zero-order valence-electron chi connectivity index (χ0n) is 19.5. The molecule has 0 aliphatic rings. The normalized spacial score (nSPS) is 12.4. The van der Waals surface area contributed by atoms with E-state index in [-0.39, 0.29) is 24.7 Å². The highest BCUT2D eigenvalue weighted by molar-refractivity contribution is 5.91. The zero-order chi connectivity index (χ0) is 23.7. The number of benzene rings is 2. The number of esters is 1. The number of hydrogen-bond acceptors (Lipinski definition) is 7. The van der Waals surface area contributed by atoms with E-state index in [1.54, 1.807) is 11.9 Å². The molecule has 0 fully saturated rings. The molecule has 2 rings (SSSR count). The predicted molar refractivity (Wildman–Crippen MR) is 119 cm³/mol. The molecule has 0 saturated carbocycles. The number of ether oxygens (including phenoxy) is 5. The molecule has 32 heavy (non-hydrogen) atoms. The highest BCUT2D eigenvalue weighted by atomic mass is 16.5.